The molecular weight excluding hydrogens is 214 g/mol. The van der Waals surface area contributed by atoms with Gasteiger partial charge >= 0.3 is 0 Å². The molecule has 0 aromatic heterocycles. The molecule has 4 N–H and O–H groups in total. The Morgan fingerprint density at radius 1 is 1.50 bits per heavy atom. The molecule has 0 heterocycles. The lowest BCUT2D eigenvalue weighted by Gasteiger charge is -2.06. The molecule has 3 nitrogen and oxygen atoms in total. The SMILES string of the molecule is CO/C(N)=C(/C=C(\N)Cl)CCC(F)F. The van der Waals surface area contributed by atoms with Crippen LogP contribution in [0.5, 0.6) is 0 Å². The molecule has 0 aromatic carbocycles. The molecule has 0 aliphatic carbocycles. The molecule has 0 radical (unpaired) electrons. The number of nitrogens with two attached hydrogens (primary N) is 2. The summed E-state index contributed by atoms with van der Waals surface area (Å²) in [6.07, 6.45) is -1.31. The fourth-order valence-corrected chi connectivity index (χ4v) is 0.960. The lowest BCUT2D eigenvalue weighted by atomic mass is 10.1. The molecule has 0 atom stereocenters. The molecule has 6 heteroatoms. The Morgan fingerprint density at radius 3 is 2.43 bits per heavy atom. The fraction of sp³-hybridized carbons (Fsp3) is 0.500. The molecular formula is C8H13ClF2N2O. The molecule has 0 aliphatic rings. The number of halogens is 3. The summed E-state index contributed by atoms with van der Waals surface area (Å²) in [5, 5.41) is -0.0192. The van der Waals surface area contributed by atoms with Crippen LogP contribution in [0.2, 0.25) is 0 Å². The first-order valence-electron chi connectivity index (χ1n) is 3.90. The molecule has 0 saturated carbocycles. The number of alkyl halides is 2. The van der Waals surface area contributed by atoms with Gasteiger partial charge < -0.3 is 16.2 Å². The summed E-state index contributed by atoms with van der Waals surface area (Å²) in [7, 11) is 1.34. The van der Waals surface area contributed by atoms with E-state index < -0.39 is 6.43 Å². The lowest BCUT2D eigenvalue weighted by Crippen LogP contribution is -2.06. The smallest absolute Gasteiger partial charge is 0.239 e. The molecule has 82 valence electrons. The van der Waals surface area contributed by atoms with Crippen molar-refractivity contribution in [3.8, 4) is 0 Å². The van der Waals surface area contributed by atoms with E-state index in [1.165, 1.54) is 13.2 Å². The van der Waals surface area contributed by atoms with Crippen LogP contribution in [0.15, 0.2) is 22.7 Å². The zero-order chi connectivity index (χ0) is 11.1. The van der Waals surface area contributed by atoms with Crippen molar-refractivity contribution in [2.24, 2.45) is 11.5 Å². The van der Waals surface area contributed by atoms with Gasteiger partial charge in [0, 0.05) is 12.0 Å². The third-order valence-corrected chi connectivity index (χ3v) is 1.59. The van der Waals surface area contributed by atoms with Crippen molar-refractivity contribution in [3.05, 3.63) is 22.7 Å². The number of ether oxygens (including phenoxy) is 1. The van der Waals surface area contributed by atoms with Crippen LogP contribution >= 0.6 is 11.6 Å². The van der Waals surface area contributed by atoms with E-state index in [1.54, 1.807) is 0 Å². The van der Waals surface area contributed by atoms with Gasteiger partial charge in [0.25, 0.3) is 0 Å². The topological polar surface area (TPSA) is 61.3 Å². The summed E-state index contributed by atoms with van der Waals surface area (Å²) in [6.45, 7) is 0. The molecule has 0 unspecified atom stereocenters. The van der Waals surface area contributed by atoms with Crippen molar-refractivity contribution < 1.29 is 13.5 Å². The maximum absolute atomic E-state index is 11.9. The number of methoxy groups -OCH3 is 1. The van der Waals surface area contributed by atoms with Gasteiger partial charge in [0.05, 0.1) is 12.3 Å². The summed E-state index contributed by atoms with van der Waals surface area (Å²) in [5.41, 5.74) is 11.0. The first kappa shape index (κ1) is 13.0. The average Bonchev–Trinajstić information content (AvgIpc) is 2.10. The van der Waals surface area contributed by atoms with Crippen LogP contribution in [0.25, 0.3) is 0 Å². The second kappa shape index (κ2) is 6.48. The molecule has 0 aromatic rings. The van der Waals surface area contributed by atoms with E-state index in [1.807, 2.05) is 0 Å². The standard InChI is InChI=1S/C8H13ClF2N2O/c1-14-8(13)5(4-6(9)12)2-3-7(10)11/h4,7H,2-3,12-13H2,1H3/b6-4-,8-5+. The largest absolute Gasteiger partial charge is 0.482 e. The minimum absolute atomic E-state index is 0.0192. The second-order valence-electron chi connectivity index (χ2n) is 2.55. The Balaban J connectivity index is 4.50. The summed E-state index contributed by atoms with van der Waals surface area (Å²) >= 11 is 5.39. The van der Waals surface area contributed by atoms with Crippen molar-refractivity contribution in [2.45, 2.75) is 19.3 Å². The molecule has 0 bridgehead atoms. The number of rotatable bonds is 5. The third kappa shape index (κ3) is 5.64. The second-order valence-corrected chi connectivity index (χ2v) is 2.99. The highest BCUT2D eigenvalue weighted by Crippen LogP contribution is 2.16. The van der Waals surface area contributed by atoms with Gasteiger partial charge in [0.2, 0.25) is 6.43 Å². The van der Waals surface area contributed by atoms with Crippen LogP contribution in [0.3, 0.4) is 0 Å². The van der Waals surface area contributed by atoms with Crippen LogP contribution in [0.1, 0.15) is 12.8 Å². The zero-order valence-corrected chi connectivity index (χ0v) is 8.52. The predicted octanol–water partition coefficient (Wildman–Crippen LogP) is 1.89. The lowest BCUT2D eigenvalue weighted by molar-refractivity contribution is 0.137. The summed E-state index contributed by atoms with van der Waals surface area (Å²) < 4.78 is 28.5. The van der Waals surface area contributed by atoms with Gasteiger partial charge in [0.15, 0.2) is 5.88 Å². The predicted molar refractivity (Wildman–Crippen MR) is 51.6 cm³/mol. The van der Waals surface area contributed by atoms with Crippen LogP contribution in [0, 0.1) is 0 Å². The van der Waals surface area contributed by atoms with Gasteiger partial charge in [-0.2, -0.15) is 0 Å². The normalized spacial score (nSPS) is 14.2. The quantitative estimate of drug-likeness (QED) is 0.428. The third-order valence-electron chi connectivity index (χ3n) is 1.48. The molecule has 14 heavy (non-hydrogen) atoms. The van der Waals surface area contributed by atoms with Crippen LogP contribution < -0.4 is 11.5 Å². The van der Waals surface area contributed by atoms with E-state index in [-0.39, 0.29) is 23.9 Å². The van der Waals surface area contributed by atoms with Crippen molar-refractivity contribution in [3.63, 3.8) is 0 Å². The zero-order valence-electron chi connectivity index (χ0n) is 7.77. The first-order chi connectivity index (χ1) is 6.47. The van der Waals surface area contributed by atoms with E-state index in [2.05, 4.69) is 0 Å². The summed E-state index contributed by atoms with van der Waals surface area (Å²) in [6, 6.07) is 0. The highest BCUT2D eigenvalue weighted by molar-refractivity contribution is 6.29. The summed E-state index contributed by atoms with van der Waals surface area (Å²) in [4.78, 5) is 0. The molecule has 0 aliphatic heterocycles. The Labute approximate surface area is 86.3 Å². The fourth-order valence-electron chi connectivity index (χ4n) is 0.829. The van der Waals surface area contributed by atoms with E-state index in [4.69, 9.17) is 27.8 Å². The van der Waals surface area contributed by atoms with E-state index in [0.29, 0.717) is 5.57 Å². The monoisotopic (exact) mass is 226 g/mol. The average molecular weight is 227 g/mol. The molecule has 0 saturated heterocycles. The van der Waals surface area contributed by atoms with Crippen molar-refractivity contribution in [2.75, 3.05) is 7.11 Å². The van der Waals surface area contributed by atoms with Gasteiger partial charge in [-0.05, 0) is 12.5 Å². The first-order valence-corrected chi connectivity index (χ1v) is 4.28. The highest BCUT2D eigenvalue weighted by atomic mass is 35.5. The Kier molecular flexibility index (Phi) is 6.03. The molecule has 0 fully saturated rings. The van der Waals surface area contributed by atoms with Gasteiger partial charge in [-0.1, -0.05) is 11.6 Å². The van der Waals surface area contributed by atoms with Crippen LogP contribution in [-0.4, -0.2) is 13.5 Å². The van der Waals surface area contributed by atoms with Crippen molar-refractivity contribution in [1.82, 2.24) is 0 Å². The van der Waals surface area contributed by atoms with Gasteiger partial charge in [0.1, 0.15) is 0 Å². The van der Waals surface area contributed by atoms with Gasteiger partial charge in [-0.25, -0.2) is 8.78 Å². The van der Waals surface area contributed by atoms with E-state index in [0.717, 1.165) is 0 Å². The van der Waals surface area contributed by atoms with Crippen LogP contribution in [-0.2, 0) is 4.74 Å². The maximum Gasteiger partial charge on any atom is 0.239 e. The van der Waals surface area contributed by atoms with Crippen molar-refractivity contribution >= 4 is 11.6 Å². The number of hydrogen-bond acceptors (Lipinski definition) is 3. The minimum Gasteiger partial charge on any atom is -0.482 e. The molecule has 0 rings (SSSR count). The molecule has 0 amide bonds. The van der Waals surface area contributed by atoms with Crippen LogP contribution in [0.4, 0.5) is 8.78 Å². The van der Waals surface area contributed by atoms with Crippen molar-refractivity contribution in [1.29, 1.82) is 0 Å². The Morgan fingerprint density at radius 2 is 2.07 bits per heavy atom. The number of allylic oxidation sites excluding steroid dienone is 2. The van der Waals surface area contributed by atoms with E-state index >= 15 is 0 Å². The summed E-state index contributed by atoms with van der Waals surface area (Å²) in [5.74, 6) is 0.0502. The Bertz CT molecular complexity index is 237. The highest BCUT2D eigenvalue weighted by Gasteiger charge is 2.07. The maximum atomic E-state index is 11.9. The number of hydrogen-bond donors (Lipinski definition) is 2. The van der Waals surface area contributed by atoms with Gasteiger partial charge in [-0.3, -0.25) is 0 Å². The molecule has 0 spiro atoms. The van der Waals surface area contributed by atoms with Gasteiger partial charge in [-0.15, -0.1) is 0 Å². The van der Waals surface area contributed by atoms with E-state index in [9.17, 15) is 8.78 Å². The minimum atomic E-state index is -2.39. The Hall–Kier alpha value is -0.970.